The Morgan fingerprint density at radius 1 is 1.18 bits per heavy atom. The number of rotatable bonds is 8. The Balaban J connectivity index is 1.30. The standard InChI is InChI=1S/C23H26ClFN6O2/c1-32-22-10-18(12-26-28-22)30-13-15-5-6-16(14-30)20(15)11-21-27-23(31(29-21)8-7-25)33-19-4-2-3-17(24)9-19/h2-4,9-10,12,15-16,20H,5-8,11,13-14H2,1H3. The van der Waals surface area contributed by atoms with E-state index in [1.165, 1.54) is 17.5 Å². The Morgan fingerprint density at radius 3 is 2.73 bits per heavy atom. The van der Waals surface area contributed by atoms with E-state index in [-0.39, 0.29) is 6.54 Å². The summed E-state index contributed by atoms with van der Waals surface area (Å²) in [5, 5.41) is 13.2. The summed E-state index contributed by atoms with van der Waals surface area (Å²) >= 11 is 6.06. The summed E-state index contributed by atoms with van der Waals surface area (Å²) in [6.45, 7) is 1.47. The number of hydrogen-bond donors (Lipinski definition) is 0. The molecule has 2 aliphatic rings. The van der Waals surface area contributed by atoms with E-state index in [2.05, 4.69) is 25.2 Å². The average molecular weight is 473 g/mol. The summed E-state index contributed by atoms with van der Waals surface area (Å²) in [6, 6.07) is 9.30. The number of piperidine rings is 1. The van der Waals surface area contributed by atoms with Crippen LogP contribution in [-0.2, 0) is 13.0 Å². The van der Waals surface area contributed by atoms with Crippen LogP contribution in [0.25, 0.3) is 0 Å². The van der Waals surface area contributed by atoms with Crippen LogP contribution in [0.1, 0.15) is 18.7 Å². The number of methoxy groups -OCH3 is 1. The van der Waals surface area contributed by atoms with Crippen molar-refractivity contribution in [1.29, 1.82) is 0 Å². The number of ether oxygens (including phenoxy) is 2. The summed E-state index contributed by atoms with van der Waals surface area (Å²) in [7, 11) is 1.60. The maximum absolute atomic E-state index is 13.1. The molecule has 3 aromatic rings. The van der Waals surface area contributed by atoms with Gasteiger partial charge in [0.1, 0.15) is 12.4 Å². The highest BCUT2D eigenvalue weighted by Crippen LogP contribution is 2.44. The Kier molecular flexibility index (Phi) is 6.30. The second-order valence-electron chi connectivity index (χ2n) is 8.61. The minimum absolute atomic E-state index is 0.102. The molecule has 2 unspecified atom stereocenters. The Hall–Kier alpha value is -2.94. The van der Waals surface area contributed by atoms with Crippen LogP contribution in [0.3, 0.4) is 0 Å². The SMILES string of the molecule is COc1cc(N2CC3CCC(C2)C3Cc2nc(Oc3cccc(Cl)c3)n(CCF)n2)cnn1. The molecule has 1 saturated heterocycles. The van der Waals surface area contributed by atoms with E-state index in [0.717, 1.165) is 25.2 Å². The fourth-order valence-electron chi connectivity index (χ4n) is 5.10. The second kappa shape index (κ2) is 9.51. The third-order valence-corrected chi connectivity index (χ3v) is 6.86. The number of aromatic nitrogens is 5. The van der Waals surface area contributed by atoms with Crippen molar-refractivity contribution >= 4 is 17.3 Å². The molecule has 2 aromatic heterocycles. The van der Waals surface area contributed by atoms with Crippen LogP contribution >= 0.6 is 11.6 Å². The van der Waals surface area contributed by atoms with Crippen molar-refractivity contribution in [2.45, 2.75) is 25.8 Å². The first-order chi connectivity index (χ1) is 16.1. The number of alkyl halides is 1. The van der Waals surface area contributed by atoms with Gasteiger partial charge >= 0.3 is 6.01 Å². The summed E-state index contributed by atoms with van der Waals surface area (Å²) in [5.74, 6) is 3.33. The molecule has 2 atom stereocenters. The Morgan fingerprint density at radius 2 is 2.00 bits per heavy atom. The third kappa shape index (κ3) is 4.73. The van der Waals surface area contributed by atoms with Gasteiger partial charge < -0.3 is 14.4 Å². The van der Waals surface area contributed by atoms with Crippen LogP contribution in [0.2, 0.25) is 5.02 Å². The van der Waals surface area contributed by atoms with Crippen LogP contribution in [0.5, 0.6) is 17.6 Å². The predicted octanol–water partition coefficient (Wildman–Crippen LogP) is 4.20. The first kappa shape index (κ1) is 21.9. The van der Waals surface area contributed by atoms with Crippen LogP contribution in [0.15, 0.2) is 36.5 Å². The number of benzene rings is 1. The van der Waals surface area contributed by atoms with E-state index in [0.29, 0.717) is 46.2 Å². The first-order valence-corrected chi connectivity index (χ1v) is 11.6. The lowest BCUT2D eigenvalue weighted by Crippen LogP contribution is -2.42. The minimum atomic E-state index is -0.540. The fraction of sp³-hybridized carbons (Fsp3) is 0.478. The van der Waals surface area contributed by atoms with Crippen molar-refractivity contribution in [3.05, 3.63) is 47.4 Å². The van der Waals surface area contributed by atoms with Gasteiger partial charge in [-0.15, -0.1) is 5.10 Å². The van der Waals surface area contributed by atoms with E-state index < -0.39 is 6.67 Å². The van der Waals surface area contributed by atoms with Gasteiger partial charge in [-0.25, -0.2) is 9.07 Å². The molecule has 174 valence electrons. The highest BCUT2D eigenvalue weighted by molar-refractivity contribution is 6.30. The molecule has 8 nitrogen and oxygen atoms in total. The highest BCUT2D eigenvalue weighted by Gasteiger charge is 2.42. The van der Waals surface area contributed by atoms with Gasteiger partial charge in [0.25, 0.3) is 0 Å². The van der Waals surface area contributed by atoms with Gasteiger partial charge in [0.15, 0.2) is 5.82 Å². The summed E-state index contributed by atoms with van der Waals surface area (Å²) in [5.41, 5.74) is 1.04. The van der Waals surface area contributed by atoms with E-state index in [1.807, 2.05) is 6.07 Å². The van der Waals surface area contributed by atoms with Crippen molar-refractivity contribution < 1.29 is 13.9 Å². The Labute approximate surface area is 196 Å². The lowest BCUT2D eigenvalue weighted by atomic mass is 9.82. The highest BCUT2D eigenvalue weighted by atomic mass is 35.5. The number of hydrogen-bond acceptors (Lipinski definition) is 7. The monoisotopic (exact) mass is 472 g/mol. The van der Waals surface area contributed by atoms with Crippen LogP contribution in [0, 0.1) is 17.8 Å². The van der Waals surface area contributed by atoms with E-state index in [4.69, 9.17) is 21.1 Å². The number of halogens is 2. The van der Waals surface area contributed by atoms with Crippen LogP contribution in [0.4, 0.5) is 10.1 Å². The number of nitrogens with zero attached hydrogens (tertiary/aromatic N) is 6. The molecule has 2 bridgehead atoms. The maximum atomic E-state index is 13.1. The summed E-state index contributed by atoms with van der Waals surface area (Å²) in [6.07, 6.45) is 4.91. The number of aryl methyl sites for hydroxylation is 1. The molecule has 0 spiro atoms. The molecular formula is C23H26ClFN6O2. The van der Waals surface area contributed by atoms with Gasteiger partial charge in [-0.1, -0.05) is 17.7 Å². The van der Waals surface area contributed by atoms with E-state index in [9.17, 15) is 4.39 Å². The zero-order chi connectivity index (χ0) is 22.8. The largest absolute Gasteiger partial charge is 0.480 e. The van der Waals surface area contributed by atoms with E-state index >= 15 is 0 Å². The lowest BCUT2D eigenvalue weighted by molar-refractivity contribution is 0.265. The molecule has 1 aliphatic heterocycles. The quantitative estimate of drug-likeness (QED) is 0.486. The number of anilines is 1. The van der Waals surface area contributed by atoms with Crippen molar-refractivity contribution in [2.75, 3.05) is 31.8 Å². The molecule has 33 heavy (non-hydrogen) atoms. The maximum Gasteiger partial charge on any atom is 0.320 e. The van der Waals surface area contributed by atoms with Crippen molar-refractivity contribution in [2.24, 2.45) is 17.8 Å². The molecule has 5 rings (SSSR count). The normalized spacial score (nSPS) is 21.9. The smallest absolute Gasteiger partial charge is 0.320 e. The van der Waals surface area contributed by atoms with Gasteiger partial charge in [0, 0.05) is 30.6 Å². The predicted molar refractivity (Wildman–Crippen MR) is 122 cm³/mol. The average Bonchev–Trinajstić information content (AvgIpc) is 3.28. The first-order valence-electron chi connectivity index (χ1n) is 11.2. The van der Waals surface area contributed by atoms with Crippen LogP contribution in [-0.4, -0.2) is 51.8 Å². The molecule has 1 saturated carbocycles. The van der Waals surface area contributed by atoms with Gasteiger partial charge in [-0.2, -0.15) is 15.2 Å². The minimum Gasteiger partial charge on any atom is -0.480 e. The van der Waals surface area contributed by atoms with Crippen molar-refractivity contribution in [3.8, 4) is 17.6 Å². The zero-order valence-corrected chi connectivity index (χ0v) is 19.2. The second-order valence-corrected chi connectivity index (χ2v) is 9.05. The molecule has 0 amide bonds. The van der Waals surface area contributed by atoms with Gasteiger partial charge in [0.2, 0.25) is 5.88 Å². The molecule has 10 heteroatoms. The molecule has 2 fully saturated rings. The Bertz CT molecular complexity index is 1100. The molecular weight excluding hydrogens is 447 g/mol. The fourth-order valence-corrected chi connectivity index (χ4v) is 5.28. The molecule has 1 aromatic carbocycles. The molecule has 0 radical (unpaired) electrons. The lowest BCUT2D eigenvalue weighted by Gasteiger charge is -2.38. The zero-order valence-electron chi connectivity index (χ0n) is 18.4. The van der Waals surface area contributed by atoms with Gasteiger partial charge in [0.05, 0.1) is 25.5 Å². The summed E-state index contributed by atoms with van der Waals surface area (Å²) < 4.78 is 25.8. The van der Waals surface area contributed by atoms with Gasteiger partial charge in [-0.05, 0) is 48.8 Å². The third-order valence-electron chi connectivity index (χ3n) is 6.62. The van der Waals surface area contributed by atoms with Crippen LogP contribution < -0.4 is 14.4 Å². The van der Waals surface area contributed by atoms with Gasteiger partial charge in [-0.3, -0.25) is 0 Å². The van der Waals surface area contributed by atoms with E-state index in [1.54, 1.807) is 37.6 Å². The van der Waals surface area contributed by atoms with Crippen molar-refractivity contribution in [1.82, 2.24) is 25.0 Å². The van der Waals surface area contributed by atoms with Crippen molar-refractivity contribution in [3.63, 3.8) is 0 Å². The summed E-state index contributed by atoms with van der Waals surface area (Å²) in [4.78, 5) is 6.99. The molecule has 3 heterocycles. The molecule has 0 N–H and O–H groups in total. The molecule has 1 aliphatic carbocycles. The topological polar surface area (TPSA) is 78.2 Å². The number of fused-ring (bicyclic) bond motifs is 2.